The van der Waals surface area contributed by atoms with E-state index in [-0.39, 0.29) is 5.97 Å². The van der Waals surface area contributed by atoms with Crippen LogP contribution >= 0.6 is 11.6 Å². The first-order valence-electron chi connectivity index (χ1n) is 6.56. The number of halogens is 1. The van der Waals surface area contributed by atoms with Crippen molar-refractivity contribution in [1.82, 2.24) is 15.0 Å². The van der Waals surface area contributed by atoms with Crippen molar-refractivity contribution in [3.63, 3.8) is 0 Å². The van der Waals surface area contributed by atoms with Crippen molar-refractivity contribution in [2.24, 2.45) is 5.41 Å². The smallest absolute Gasteiger partial charge is 0.330 e. The Kier molecular flexibility index (Phi) is 4.45. The summed E-state index contributed by atoms with van der Waals surface area (Å²) in [7, 11) is 0. The summed E-state index contributed by atoms with van der Waals surface area (Å²) >= 11 is 5.83. The summed E-state index contributed by atoms with van der Waals surface area (Å²) in [5.74, 6) is 0.535. The number of hydrogen-bond donors (Lipinski definition) is 0. The maximum Gasteiger partial charge on any atom is 0.330 e. The van der Waals surface area contributed by atoms with E-state index in [0.717, 1.165) is 5.82 Å². The van der Waals surface area contributed by atoms with Crippen LogP contribution in [0.15, 0.2) is 12.4 Å². The molecule has 110 valence electrons. The Balaban J connectivity index is 1.88. The minimum Gasteiger partial charge on any atom is -0.367 e. The van der Waals surface area contributed by atoms with Crippen LogP contribution in [-0.4, -0.2) is 47.2 Å². The Morgan fingerprint density at radius 2 is 1.90 bits per heavy atom. The first-order valence-corrected chi connectivity index (χ1v) is 6.94. The zero-order valence-electron chi connectivity index (χ0n) is 12.0. The van der Waals surface area contributed by atoms with Gasteiger partial charge in [0.05, 0.1) is 30.9 Å². The molecule has 7 heteroatoms. The van der Waals surface area contributed by atoms with E-state index in [1.165, 1.54) is 6.20 Å². The zero-order valence-corrected chi connectivity index (χ0v) is 12.7. The molecule has 0 aromatic carbocycles. The van der Waals surface area contributed by atoms with Gasteiger partial charge in [0.2, 0.25) is 0 Å². The van der Waals surface area contributed by atoms with Gasteiger partial charge in [0, 0.05) is 13.1 Å². The van der Waals surface area contributed by atoms with Crippen LogP contribution in [-0.2, 0) is 9.63 Å². The van der Waals surface area contributed by atoms with Gasteiger partial charge in [0.1, 0.15) is 11.0 Å². The second-order valence-electron chi connectivity index (χ2n) is 5.74. The monoisotopic (exact) mass is 298 g/mol. The summed E-state index contributed by atoms with van der Waals surface area (Å²) in [6.07, 6.45) is 3.19. The second-order valence-corrected chi connectivity index (χ2v) is 6.13. The standard InChI is InChI=1S/C13H19ClN4O2/c1-13(2,3)12(19)20-18-6-4-17(5-7-18)11-9-15-8-10(14)16-11/h8-9H,4-7H2,1-3H3. The molecule has 0 unspecified atom stereocenters. The summed E-state index contributed by atoms with van der Waals surface area (Å²) in [6.45, 7) is 8.22. The molecule has 0 saturated carbocycles. The molecule has 0 radical (unpaired) electrons. The highest BCUT2D eigenvalue weighted by Crippen LogP contribution is 2.18. The summed E-state index contributed by atoms with van der Waals surface area (Å²) < 4.78 is 0. The Morgan fingerprint density at radius 1 is 1.25 bits per heavy atom. The number of anilines is 1. The highest BCUT2D eigenvalue weighted by atomic mass is 35.5. The molecule has 0 N–H and O–H groups in total. The lowest BCUT2D eigenvalue weighted by atomic mass is 9.98. The van der Waals surface area contributed by atoms with E-state index in [1.807, 2.05) is 20.8 Å². The minimum atomic E-state index is -0.491. The third kappa shape index (κ3) is 3.80. The number of aromatic nitrogens is 2. The molecule has 20 heavy (non-hydrogen) atoms. The molecule has 6 nitrogen and oxygen atoms in total. The van der Waals surface area contributed by atoms with Gasteiger partial charge in [0.15, 0.2) is 0 Å². The van der Waals surface area contributed by atoms with Gasteiger partial charge in [-0.25, -0.2) is 9.78 Å². The van der Waals surface area contributed by atoms with Gasteiger partial charge < -0.3 is 9.74 Å². The average Bonchev–Trinajstić information content (AvgIpc) is 2.38. The van der Waals surface area contributed by atoms with Crippen molar-refractivity contribution in [3.8, 4) is 0 Å². The second kappa shape index (κ2) is 5.93. The molecule has 0 bridgehead atoms. The van der Waals surface area contributed by atoms with Gasteiger partial charge in [-0.15, -0.1) is 5.06 Å². The van der Waals surface area contributed by atoms with Gasteiger partial charge in [0.25, 0.3) is 0 Å². The third-order valence-corrected chi connectivity index (χ3v) is 3.16. The first-order chi connectivity index (χ1) is 9.36. The van der Waals surface area contributed by atoms with E-state index in [0.29, 0.717) is 31.3 Å². The molecule has 2 rings (SSSR count). The fourth-order valence-electron chi connectivity index (χ4n) is 1.75. The van der Waals surface area contributed by atoms with E-state index in [1.54, 1.807) is 11.3 Å². The van der Waals surface area contributed by atoms with Gasteiger partial charge >= 0.3 is 5.97 Å². The summed E-state index contributed by atoms with van der Waals surface area (Å²) in [6, 6.07) is 0. The largest absolute Gasteiger partial charge is 0.367 e. The van der Waals surface area contributed by atoms with Gasteiger partial charge in [-0.2, -0.15) is 0 Å². The Hall–Kier alpha value is -1.40. The van der Waals surface area contributed by atoms with E-state index in [2.05, 4.69) is 14.9 Å². The number of piperazine rings is 1. The van der Waals surface area contributed by atoms with Gasteiger partial charge in [-0.3, -0.25) is 4.98 Å². The van der Waals surface area contributed by atoms with Crippen molar-refractivity contribution in [2.75, 3.05) is 31.1 Å². The molecule has 0 amide bonds. The molecule has 0 spiro atoms. The lowest BCUT2D eigenvalue weighted by Crippen LogP contribution is -2.48. The van der Waals surface area contributed by atoms with Crippen LogP contribution in [0.2, 0.25) is 5.15 Å². The molecule has 1 aliphatic rings. The highest BCUT2D eigenvalue weighted by Gasteiger charge is 2.28. The predicted molar refractivity (Wildman–Crippen MR) is 76.4 cm³/mol. The maximum absolute atomic E-state index is 11.8. The van der Waals surface area contributed by atoms with Crippen LogP contribution in [0.1, 0.15) is 20.8 Å². The molecule has 0 atom stereocenters. The SMILES string of the molecule is CC(C)(C)C(=O)ON1CCN(c2cncc(Cl)n2)CC1. The molecule has 1 aliphatic heterocycles. The van der Waals surface area contributed by atoms with Crippen LogP contribution < -0.4 is 4.90 Å². The number of nitrogens with zero attached hydrogens (tertiary/aromatic N) is 4. The van der Waals surface area contributed by atoms with Crippen molar-refractivity contribution < 1.29 is 9.63 Å². The number of hydrogen-bond acceptors (Lipinski definition) is 6. The fourth-order valence-corrected chi connectivity index (χ4v) is 1.89. The van der Waals surface area contributed by atoms with E-state index in [9.17, 15) is 4.79 Å². The lowest BCUT2D eigenvalue weighted by Gasteiger charge is -2.34. The Bertz CT molecular complexity index is 482. The van der Waals surface area contributed by atoms with Crippen molar-refractivity contribution in [1.29, 1.82) is 0 Å². The topological polar surface area (TPSA) is 58.6 Å². The normalized spacial score (nSPS) is 17.1. The number of carbonyl (C=O) groups excluding carboxylic acids is 1. The molecule has 0 aliphatic carbocycles. The van der Waals surface area contributed by atoms with Crippen molar-refractivity contribution >= 4 is 23.4 Å². The Morgan fingerprint density at radius 3 is 2.45 bits per heavy atom. The molecule has 1 fully saturated rings. The number of hydroxylamine groups is 2. The highest BCUT2D eigenvalue weighted by molar-refractivity contribution is 6.29. The quantitative estimate of drug-likeness (QED) is 0.829. The van der Waals surface area contributed by atoms with E-state index >= 15 is 0 Å². The Labute approximate surface area is 123 Å². The molecule has 1 aromatic heterocycles. The minimum absolute atomic E-state index is 0.214. The summed E-state index contributed by atoms with van der Waals surface area (Å²) in [4.78, 5) is 27.5. The van der Waals surface area contributed by atoms with Crippen LogP contribution in [0.4, 0.5) is 5.82 Å². The van der Waals surface area contributed by atoms with Gasteiger partial charge in [-0.1, -0.05) is 11.6 Å². The third-order valence-electron chi connectivity index (χ3n) is 2.98. The van der Waals surface area contributed by atoms with Crippen molar-refractivity contribution in [3.05, 3.63) is 17.5 Å². The van der Waals surface area contributed by atoms with Crippen LogP contribution in [0.5, 0.6) is 0 Å². The fraction of sp³-hybridized carbons (Fsp3) is 0.615. The molecular formula is C13H19ClN4O2. The van der Waals surface area contributed by atoms with E-state index < -0.39 is 5.41 Å². The maximum atomic E-state index is 11.8. The molecule has 2 heterocycles. The van der Waals surface area contributed by atoms with Crippen LogP contribution in [0, 0.1) is 5.41 Å². The number of carbonyl (C=O) groups is 1. The van der Waals surface area contributed by atoms with Gasteiger partial charge in [-0.05, 0) is 20.8 Å². The predicted octanol–water partition coefficient (Wildman–Crippen LogP) is 1.76. The van der Waals surface area contributed by atoms with Crippen LogP contribution in [0.3, 0.4) is 0 Å². The summed E-state index contributed by atoms with van der Waals surface area (Å²) in [5, 5.41) is 2.08. The van der Waals surface area contributed by atoms with Crippen molar-refractivity contribution in [2.45, 2.75) is 20.8 Å². The molecular weight excluding hydrogens is 280 g/mol. The lowest BCUT2D eigenvalue weighted by molar-refractivity contribution is -0.201. The molecule has 1 saturated heterocycles. The summed E-state index contributed by atoms with van der Waals surface area (Å²) in [5.41, 5.74) is -0.491. The number of rotatable bonds is 2. The average molecular weight is 299 g/mol. The first kappa shape index (κ1) is 15.0. The molecule has 1 aromatic rings. The van der Waals surface area contributed by atoms with Crippen LogP contribution in [0.25, 0.3) is 0 Å². The zero-order chi connectivity index (χ0) is 14.8. The van der Waals surface area contributed by atoms with E-state index in [4.69, 9.17) is 16.4 Å².